The number of amides is 1. The topological polar surface area (TPSA) is 76.3 Å². The van der Waals surface area contributed by atoms with Crippen LogP contribution in [-0.4, -0.2) is 33.8 Å². The van der Waals surface area contributed by atoms with Crippen LogP contribution in [0, 0.1) is 28.9 Å². The SMILES string of the molecule is Cc1cccc(C#CC=C2CCN(C(=O)c3ccc([N+](=O)[O-])cc3)CC2)n1. The molecule has 1 aromatic carbocycles. The molecule has 3 rings (SSSR count). The zero-order valence-electron chi connectivity index (χ0n) is 15.0. The number of nitro groups is 1. The van der Waals surface area contributed by atoms with Crippen LogP contribution in [0.5, 0.6) is 0 Å². The molecule has 2 aromatic rings. The molecule has 0 aliphatic carbocycles. The van der Waals surface area contributed by atoms with Gasteiger partial charge in [0.25, 0.3) is 11.6 Å². The van der Waals surface area contributed by atoms with E-state index in [1.54, 1.807) is 4.90 Å². The summed E-state index contributed by atoms with van der Waals surface area (Å²) < 4.78 is 0. The van der Waals surface area contributed by atoms with E-state index in [0.29, 0.717) is 18.7 Å². The normalized spacial score (nSPS) is 13.5. The molecule has 1 aliphatic heterocycles. The van der Waals surface area contributed by atoms with Gasteiger partial charge in [-0.1, -0.05) is 17.6 Å². The Morgan fingerprint density at radius 2 is 1.89 bits per heavy atom. The van der Waals surface area contributed by atoms with E-state index in [9.17, 15) is 14.9 Å². The van der Waals surface area contributed by atoms with Crippen molar-refractivity contribution in [3.8, 4) is 11.8 Å². The molecule has 6 heteroatoms. The van der Waals surface area contributed by atoms with Crippen LogP contribution in [0.1, 0.15) is 34.6 Å². The lowest BCUT2D eigenvalue weighted by atomic mass is 10.0. The number of aromatic nitrogens is 1. The highest BCUT2D eigenvalue weighted by molar-refractivity contribution is 5.94. The molecule has 0 bridgehead atoms. The molecule has 2 heterocycles. The molecule has 0 N–H and O–H groups in total. The number of pyridine rings is 1. The summed E-state index contributed by atoms with van der Waals surface area (Å²) in [4.78, 5) is 28.9. The fourth-order valence-electron chi connectivity index (χ4n) is 2.87. The van der Waals surface area contributed by atoms with Crippen molar-refractivity contribution in [2.75, 3.05) is 13.1 Å². The standard InChI is InChI=1S/C21H19N3O3/c1-16-4-2-6-19(22-16)7-3-5-17-12-14-23(15-13-17)21(25)18-8-10-20(11-9-18)24(26)27/h2,4-6,8-11H,12-15H2,1H3. The average molecular weight is 361 g/mol. The van der Waals surface area contributed by atoms with E-state index >= 15 is 0 Å². The van der Waals surface area contributed by atoms with Crippen LogP contribution in [-0.2, 0) is 0 Å². The highest BCUT2D eigenvalue weighted by Crippen LogP contribution is 2.19. The first-order chi connectivity index (χ1) is 13.0. The van der Waals surface area contributed by atoms with Crippen LogP contribution in [0.15, 0.2) is 54.1 Å². The van der Waals surface area contributed by atoms with E-state index in [-0.39, 0.29) is 11.6 Å². The van der Waals surface area contributed by atoms with Gasteiger partial charge in [0.05, 0.1) is 4.92 Å². The monoisotopic (exact) mass is 361 g/mol. The number of carbonyl (C=O) groups excluding carboxylic acids is 1. The Bertz CT molecular complexity index is 943. The summed E-state index contributed by atoms with van der Waals surface area (Å²) in [6.45, 7) is 3.17. The third kappa shape index (κ3) is 4.79. The number of nitrogens with zero attached hydrogens (tertiary/aromatic N) is 3. The Balaban J connectivity index is 1.58. The third-order valence-electron chi connectivity index (χ3n) is 4.38. The first-order valence-electron chi connectivity index (χ1n) is 8.70. The molecule has 0 radical (unpaired) electrons. The van der Waals surface area contributed by atoms with Gasteiger partial charge in [0.1, 0.15) is 5.69 Å². The van der Waals surface area contributed by atoms with Gasteiger partial charge in [-0.2, -0.15) is 0 Å². The van der Waals surface area contributed by atoms with Gasteiger partial charge in [-0.05, 0) is 56.0 Å². The van der Waals surface area contributed by atoms with Crippen LogP contribution < -0.4 is 0 Å². The van der Waals surface area contributed by atoms with Crippen molar-refractivity contribution in [3.05, 3.63) is 81.2 Å². The largest absolute Gasteiger partial charge is 0.338 e. The molecular weight excluding hydrogens is 342 g/mol. The number of carbonyl (C=O) groups is 1. The highest BCUT2D eigenvalue weighted by Gasteiger charge is 2.20. The van der Waals surface area contributed by atoms with E-state index in [2.05, 4.69) is 16.8 Å². The zero-order chi connectivity index (χ0) is 19.2. The van der Waals surface area contributed by atoms with Crippen molar-refractivity contribution >= 4 is 11.6 Å². The summed E-state index contributed by atoms with van der Waals surface area (Å²) >= 11 is 0. The molecule has 6 nitrogen and oxygen atoms in total. The molecule has 1 amide bonds. The van der Waals surface area contributed by atoms with Crippen molar-refractivity contribution in [1.29, 1.82) is 0 Å². The smallest absolute Gasteiger partial charge is 0.269 e. The molecule has 27 heavy (non-hydrogen) atoms. The quantitative estimate of drug-likeness (QED) is 0.466. The Morgan fingerprint density at radius 3 is 2.52 bits per heavy atom. The van der Waals surface area contributed by atoms with Gasteiger partial charge in [0.2, 0.25) is 0 Å². The maximum absolute atomic E-state index is 12.5. The van der Waals surface area contributed by atoms with E-state index in [0.717, 1.165) is 24.2 Å². The number of rotatable bonds is 2. The number of piperidine rings is 1. The van der Waals surface area contributed by atoms with Crippen molar-refractivity contribution in [2.24, 2.45) is 0 Å². The number of aryl methyl sites for hydroxylation is 1. The first-order valence-corrected chi connectivity index (χ1v) is 8.70. The van der Waals surface area contributed by atoms with Crippen molar-refractivity contribution in [1.82, 2.24) is 9.88 Å². The Morgan fingerprint density at radius 1 is 1.19 bits per heavy atom. The summed E-state index contributed by atoms with van der Waals surface area (Å²) in [6, 6.07) is 11.5. The van der Waals surface area contributed by atoms with Crippen LogP contribution in [0.4, 0.5) is 5.69 Å². The molecule has 1 fully saturated rings. The van der Waals surface area contributed by atoms with Gasteiger partial charge in [0, 0.05) is 36.5 Å². The average Bonchev–Trinajstić information content (AvgIpc) is 2.68. The molecule has 0 atom stereocenters. The lowest BCUT2D eigenvalue weighted by Gasteiger charge is -2.28. The van der Waals surface area contributed by atoms with Gasteiger partial charge in [-0.15, -0.1) is 0 Å². The second kappa shape index (κ2) is 8.28. The van der Waals surface area contributed by atoms with Crippen LogP contribution >= 0.6 is 0 Å². The van der Waals surface area contributed by atoms with Gasteiger partial charge in [-0.3, -0.25) is 14.9 Å². The van der Waals surface area contributed by atoms with Gasteiger partial charge in [-0.25, -0.2) is 4.98 Å². The lowest BCUT2D eigenvalue weighted by molar-refractivity contribution is -0.384. The summed E-state index contributed by atoms with van der Waals surface area (Å²) in [5, 5.41) is 10.7. The number of allylic oxidation sites excluding steroid dienone is 1. The van der Waals surface area contributed by atoms with Crippen LogP contribution in [0.25, 0.3) is 0 Å². The predicted octanol–water partition coefficient (Wildman–Crippen LogP) is 3.51. The molecule has 0 spiro atoms. The molecule has 1 aromatic heterocycles. The fraction of sp³-hybridized carbons (Fsp3) is 0.238. The molecule has 1 aliphatic rings. The molecule has 0 unspecified atom stereocenters. The van der Waals surface area contributed by atoms with E-state index in [1.807, 2.05) is 31.2 Å². The number of non-ortho nitro benzene ring substituents is 1. The number of nitro benzene ring substituents is 1. The lowest BCUT2D eigenvalue weighted by Crippen LogP contribution is -2.36. The summed E-state index contributed by atoms with van der Waals surface area (Å²) in [5.41, 5.74) is 3.35. The van der Waals surface area contributed by atoms with Gasteiger partial charge >= 0.3 is 0 Å². The van der Waals surface area contributed by atoms with Gasteiger partial charge < -0.3 is 4.90 Å². The summed E-state index contributed by atoms with van der Waals surface area (Å²) in [6.07, 6.45) is 3.46. The zero-order valence-corrected chi connectivity index (χ0v) is 15.0. The summed E-state index contributed by atoms with van der Waals surface area (Å²) in [7, 11) is 0. The van der Waals surface area contributed by atoms with E-state index in [4.69, 9.17) is 0 Å². The number of likely N-dealkylation sites (tertiary alicyclic amines) is 1. The van der Waals surface area contributed by atoms with Crippen molar-refractivity contribution < 1.29 is 9.72 Å². The second-order valence-electron chi connectivity index (χ2n) is 6.33. The molecule has 0 saturated carbocycles. The van der Waals surface area contributed by atoms with Crippen LogP contribution in [0.3, 0.4) is 0 Å². The van der Waals surface area contributed by atoms with Crippen LogP contribution in [0.2, 0.25) is 0 Å². The van der Waals surface area contributed by atoms with Gasteiger partial charge in [0.15, 0.2) is 0 Å². The van der Waals surface area contributed by atoms with Crippen molar-refractivity contribution in [3.63, 3.8) is 0 Å². The summed E-state index contributed by atoms with van der Waals surface area (Å²) in [5.74, 6) is 5.99. The highest BCUT2D eigenvalue weighted by atomic mass is 16.6. The van der Waals surface area contributed by atoms with Crippen molar-refractivity contribution in [2.45, 2.75) is 19.8 Å². The molecular formula is C21H19N3O3. The minimum absolute atomic E-state index is 0.0166. The maximum Gasteiger partial charge on any atom is 0.269 e. The fourth-order valence-corrected chi connectivity index (χ4v) is 2.87. The predicted molar refractivity (Wildman–Crippen MR) is 102 cm³/mol. The molecule has 136 valence electrons. The second-order valence-corrected chi connectivity index (χ2v) is 6.33. The van der Waals surface area contributed by atoms with E-state index < -0.39 is 4.92 Å². The molecule has 1 saturated heterocycles. The Labute approximate surface area is 157 Å². The third-order valence-corrected chi connectivity index (χ3v) is 4.38. The first kappa shape index (κ1) is 18.3. The minimum Gasteiger partial charge on any atom is -0.338 e. The Hall–Kier alpha value is -3.46. The Kier molecular flexibility index (Phi) is 5.62. The maximum atomic E-state index is 12.5. The number of hydrogen-bond acceptors (Lipinski definition) is 4. The minimum atomic E-state index is -0.473. The number of benzene rings is 1. The number of hydrogen-bond donors (Lipinski definition) is 0. The van der Waals surface area contributed by atoms with E-state index in [1.165, 1.54) is 29.8 Å².